The Balaban J connectivity index is 1.71. The molecular weight excluding hydrogens is 362 g/mol. The maximum Gasteiger partial charge on any atom is 0.130 e. The molecule has 3 rings (SSSR count). The van der Waals surface area contributed by atoms with Crippen LogP contribution in [0, 0.1) is 41.2 Å². The van der Waals surface area contributed by atoms with Crippen molar-refractivity contribution in [3.05, 3.63) is 70.3 Å². The second kappa shape index (κ2) is 10.3. The molecule has 0 aromatic heterocycles. The Kier molecular flexibility index (Phi) is 7.48. The SMILES string of the molecule is CC#CCc1ccc(C#Cc2cc(F)c(C3CCC(CCC)CC3)c(F)c2)cc1. The smallest absolute Gasteiger partial charge is 0.130 e. The van der Waals surface area contributed by atoms with E-state index < -0.39 is 11.6 Å². The average molecular weight is 391 g/mol. The fourth-order valence-corrected chi connectivity index (χ4v) is 4.24. The van der Waals surface area contributed by atoms with Crippen molar-refractivity contribution in [1.82, 2.24) is 0 Å². The van der Waals surface area contributed by atoms with Gasteiger partial charge < -0.3 is 0 Å². The quantitative estimate of drug-likeness (QED) is 0.493. The van der Waals surface area contributed by atoms with Gasteiger partial charge in [-0.25, -0.2) is 8.78 Å². The van der Waals surface area contributed by atoms with Crippen LogP contribution in [0.1, 0.15) is 80.5 Å². The molecule has 0 saturated heterocycles. The van der Waals surface area contributed by atoms with Gasteiger partial charge in [0.05, 0.1) is 0 Å². The van der Waals surface area contributed by atoms with E-state index in [1.165, 1.54) is 25.0 Å². The summed E-state index contributed by atoms with van der Waals surface area (Å²) in [6, 6.07) is 10.6. The van der Waals surface area contributed by atoms with Crippen LogP contribution in [0.3, 0.4) is 0 Å². The van der Waals surface area contributed by atoms with Gasteiger partial charge in [0.25, 0.3) is 0 Å². The molecule has 0 radical (unpaired) electrons. The standard InChI is InChI=1S/C27H28F2/c1-3-5-7-21-8-10-22(11-9-21)12-13-23-18-25(28)27(26(29)19-23)24-16-14-20(6-4-2)15-17-24/h8-11,18-20,24H,4,6-7,14-17H2,1-2H3. The summed E-state index contributed by atoms with van der Waals surface area (Å²) < 4.78 is 29.4. The van der Waals surface area contributed by atoms with Crippen LogP contribution < -0.4 is 0 Å². The zero-order valence-electron chi connectivity index (χ0n) is 17.3. The molecule has 0 spiro atoms. The minimum Gasteiger partial charge on any atom is -0.207 e. The molecule has 0 atom stereocenters. The molecule has 2 aromatic rings. The maximum atomic E-state index is 14.7. The number of rotatable bonds is 4. The molecule has 2 aromatic carbocycles. The lowest BCUT2D eigenvalue weighted by atomic mass is 9.77. The second-order valence-corrected chi connectivity index (χ2v) is 7.91. The Morgan fingerprint density at radius 2 is 1.52 bits per heavy atom. The highest BCUT2D eigenvalue weighted by molar-refractivity contribution is 5.45. The Bertz CT molecular complexity index is 917. The zero-order chi connectivity index (χ0) is 20.6. The van der Waals surface area contributed by atoms with Gasteiger partial charge in [-0.1, -0.05) is 49.7 Å². The molecule has 150 valence electrons. The van der Waals surface area contributed by atoms with E-state index in [0.717, 1.165) is 36.8 Å². The number of benzene rings is 2. The van der Waals surface area contributed by atoms with Crippen LogP contribution in [0.25, 0.3) is 0 Å². The Morgan fingerprint density at radius 3 is 2.10 bits per heavy atom. The lowest BCUT2D eigenvalue weighted by molar-refractivity contribution is 0.300. The van der Waals surface area contributed by atoms with E-state index >= 15 is 0 Å². The first-order valence-electron chi connectivity index (χ1n) is 10.6. The van der Waals surface area contributed by atoms with Gasteiger partial charge in [0.2, 0.25) is 0 Å². The minimum absolute atomic E-state index is 0.0103. The van der Waals surface area contributed by atoms with Gasteiger partial charge in [-0.15, -0.1) is 5.92 Å². The third-order valence-electron chi connectivity index (χ3n) is 5.81. The van der Waals surface area contributed by atoms with E-state index in [2.05, 4.69) is 30.6 Å². The molecule has 29 heavy (non-hydrogen) atoms. The Hall–Kier alpha value is -2.58. The van der Waals surface area contributed by atoms with Crippen LogP contribution in [0.2, 0.25) is 0 Å². The molecule has 0 bridgehead atoms. The van der Waals surface area contributed by atoms with Crippen molar-refractivity contribution in [2.75, 3.05) is 0 Å². The topological polar surface area (TPSA) is 0 Å². The molecule has 1 aliphatic carbocycles. The minimum atomic E-state index is -0.457. The Morgan fingerprint density at radius 1 is 0.897 bits per heavy atom. The van der Waals surface area contributed by atoms with E-state index in [-0.39, 0.29) is 11.5 Å². The average Bonchev–Trinajstić information content (AvgIpc) is 2.72. The van der Waals surface area contributed by atoms with E-state index in [1.807, 2.05) is 31.2 Å². The highest BCUT2D eigenvalue weighted by atomic mass is 19.1. The first-order valence-corrected chi connectivity index (χ1v) is 10.6. The fourth-order valence-electron chi connectivity index (χ4n) is 4.24. The van der Waals surface area contributed by atoms with Crippen LogP contribution in [-0.2, 0) is 6.42 Å². The van der Waals surface area contributed by atoms with Crippen molar-refractivity contribution >= 4 is 0 Å². The van der Waals surface area contributed by atoms with Crippen molar-refractivity contribution in [3.63, 3.8) is 0 Å². The molecule has 0 nitrogen and oxygen atoms in total. The van der Waals surface area contributed by atoms with Gasteiger partial charge in [0.1, 0.15) is 11.6 Å². The summed E-state index contributed by atoms with van der Waals surface area (Å²) in [5.41, 5.74) is 2.58. The summed E-state index contributed by atoms with van der Waals surface area (Å²) in [6.45, 7) is 4.02. The predicted octanol–water partition coefficient (Wildman–Crippen LogP) is 7.00. The molecule has 0 amide bonds. The summed E-state index contributed by atoms with van der Waals surface area (Å²) >= 11 is 0. The zero-order valence-corrected chi connectivity index (χ0v) is 17.3. The van der Waals surface area contributed by atoms with Gasteiger partial charge in [0.15, 0.2) is 0 Å². The Labute approximate surface area is 173 Å². The summed E-state index contributed by atoms with van der Waals surface area (Å²) in [4.78, 5) is 0. The van der Waals surface area contributed by atoms with E-state index in [1.54, 1.807) is 0 Å². The van der Waals surface area contributed by atoms with E-state index in [9.17, 15) is 8.78 Å². The van der Waals surface area contributed by atoms with Crippen LogP contribution in [0.5, 0.6) is 0 Å². The first kappa shape index (κ1) is 21.1. The first-order chi connectivity index (χ1) is 14.1. The normalized spacial score (nSPS) is 18.3. The number of hydrogen-bond acceptors (Lipinski definition) is 0. The third-order valence-corrected chi connectivity index (χ3v) is 5.81. The fraction of sp³-hybridized carbons (Fsp3) is 0.407. The third kappa shape index (κ3) is 5.71. The number of hydrogen-bond donors (Lipinski definition) is 0. The highest BCUT2D eigenvalue weighted by Gasteiger charge is 2.26. The molecule has 0 unspecified atom stereocenters. The van der Waals surface area contributed by atoms with Gasteiger partial charge in [0, 0.05) is 23.1 Å². The molecule has 0 aliphatic heterocycles. The second-order valence-electron chi connectivity index (χ2n) is 7.91. The van der Waals surface area contributed by atoms with Gasteiger partial charge >= 0.3 is 0 Å². The van der Waals surface area contributed by atoms with Crippen molar-refractivity contribution in [3.8, 4) is 23.7 Å². The summed E-state index contributed by atoms with van der Waals surface area (Å²) in [5.74, 6) is 11.6. The van der Waals surface area contributed by atoms with E-state index in [4.69, 9.17) is 0 Å². The summed E-state index contributed by atoms with van der Waals surface area (Å²) in [7, 11) is 0. The van der Waals surface area contributed by atoms with Crippen molar-refractivity contribution in [2.24, 2.45) is 5.92 Å². The molecule has 2 heteroatoms. The van der Waals surface area contributed by atoms with E-state index in [0.29, 0.717) is 17.9 Å². The van der Waals surface area contributed by atoms with Crippen molar-refractivity contribution < 1.29 is 8.78 Å². The lowest BCUT2D eigenvalue weighted by Crippen LogP contribution is -2.15. The maximum absolute atomic E-state index is 14.7. The van der Waals surface area contributed by atoms with Crippen LogP contribution in [0.15, 0.2) is 36.4 Å². The van der Waals surface area contributed by atoms with Gasteiger partial charge in [-0.05, 0) is 74.3 Å². The molecular formula is C27H28F2. The lowest BCUT2D eigenvalue weighted by Gasteiger charge is -2.29. The van der Waals surface area contributed by atoms with Gasteiger partial charge in [-0.3, -0.25) is 0 Å². The summed E-state index contributed by atoms with van der Waals surface area (Å²) in [5, 5.41) is 0. The van der Waals surface area contributed by atoms with Crippen molar-refractivity contribution in [2.45, 2.75) is 64.7 Å². The van der Waals surface area contributed by atoms with Crippen LogP contribution in [-0.4, -0.2) is 0 Å². The monoisotopic (exact) mass is 390 g/mol. The summed E-state index contributed by atoms with van der Waals surface area (Å²) in [6.07, 6.45) is 7.00. The molecule has 1 fully saturated rings. The molecule has 0 heterocycles. The van der Waals surface area contributed by atoms with Crippen molar-refractivity contribution in [1.29, 1.82) is 0 Å². The molecule has 1 aliphatic rings. The van der Waals surface area contributed by atoms with Gasteiger partial charge in [-0.2, -0.15) is 0 Å². The van der Waals surface area contributed by atoms with Crippen LogP contribution in [0.4, 0.5) is 8.78 Å². The van der Waals surface area contributed by atoms with Crippen LogP contribution >= 0.6 is 0 Å². The highest BCUT2D eigenvalue weighted by Crippen LogP contribution is 2.39. The molecule has 0 N–H and O–H groups in total. The number of halogens is 2. The molecule has 1 saturated carbocycles. The largest absolute Gasteiger partial charge is 0.207 e. The predicted molar refractivity (Wildman–Crippen MR) is 116 cm³/mol.